The van der Waals surface area contributed by atoms with E-state index in [1.54, 1.807) is 27.0 Å². The number of carbonyl (C=O) groups is 2. The fourth-order valence-corrected chi connectivity index (χ4v) is 4.61. The summed E-state index contributed by atoms with van der Waals surface area (Å²) in [6, 6.07) is 26.3. The van der Waals surface area contributed by atoms with Crippen molar-refractivity contribution in [1.82, 2.24) is 20.6 Å². The molecule has 5 rings (SSSR count). The van der Waals surface area contributed by atoms with Gasteiger partial charge < -0.3 is 15.4 Å². The number of benzene rings is 3. The summed E-state index contributed by atoms with van der Waals surface area (Å²) in [5.74, 6) is -0.406. The molecule has 0 radical (unpaired) electrons. The molecule has 0 fully saturated rings. The van der Waals surface area contributed by atoms with Crippen molar-refractivity contribution in [3.05, 3.63) is 120 Å². The van der Waals surface area contributed by atoms with Crippen LogP contribution >= 0.6 is 0 Å². The summed E-state index contributed by atoms with van der Waals surface area (Å²) in [6.45, 7) is 5.33. The average Bonchev–Trinajstić information content (AvgIpc) is 3.08. The number of alkyl carbamates (subject to hydrolysis) is 1. The number of aliphatic imine (C=N–C) groups is 1. The zero-order valence-corrected chi connectivity index (χ0v) is 22.7. The minimum Gasteiger partial charge on any atom is -0.444 e. The van der Waals surface area contributed by atoms with Crippen molar-refractivity contribution in [3.63, 3.8) is 0 Å². The molecule has 40 heavy (non-hydrogen) atoms. The number of rotatable bonds is 6. The molecule has 0 spiro atoms. The summed E-state index contributed by atoms with van der Waals surface area (Å²) in [5, 5.41) is 5.82. The molecule has 202 valence electrons. The first-order chi connectivity index (χ1) is 19.3. The van der Waals surface area contributed by atoms with Crippen LogP contribution in [0.2, 0.25) is 0 Å². The molecule has 2 heterocycles. The third-order valence-corrected chi connectivity index (χ3v) is 6.35. The van der Waals surface area contributed by atoms with Crippen LogP contribution in [-0.2, 0) is 16.0 Å². The Morgan fingerprint density at radius 3 is 2.25 bits per heavy atom. The molecule has 2 N–H and O–H groups in total. The molecule has 1 unspecified atom stereocenters. The van der Waals surface area contributed by atoms with Gasteiger partial charge in [0.1, 0.15) is 18.0 Å². The van der Waals surface area contributed by atoms with Crippen molar-refractivity contribution in [2.45, 2.75) is 45.0 Å². The minimum absolute atomic E-state index is 0.270. The van der Waals surface area contributed by atoms with Crippen LogP contribution in [0.4, 0.5) is 4.79 Å². The van der Waals surface area contributed by atoms with Gasteiger partial charge in [-0.25, -0.2) is 14.8 Å². The molecule has 0 saturated heterocycles. The van der Waals surface area contributed by atoms with E-state index in [9.17, 15) is 9.59 Å². The monoisotopic (exact) mass is 533 g/mol. The summed E-state index contributed by atoms with van der Waals surface area (Å²) in [6.07, 6.45) is 1.96. The molecule has 3 aromatic carbocycles. The number of aromatic nitrogens is 2. The van der Waals surface area contributed by atoms with Gasteiger partial charge in [-0.15, -0.1) is 0 Å². The van der Waals surface area contributed by atoms with Crippen LogP contribution in [0.3, 0.4) is 0 Å². The molecule has 0 aliphatic carbocycles. The first-order valence-corrected chi connectivity index (χ1v) is 13.2. The SMILES string of the molecule is CC(C)(C)OC(=O)N[C@@H](Cc1ccccc1)C(=O)NC1N=C(c2ccccc2)c2ccccc2-c2ncncc21. The fourth-order valence-electron chi connectivity index (χ4n) is 4.61. The molecule has 1 aromatic heterocycles. The Labute approximate surface area is 233 Å². The smallest absolute Gasteiger partial charge is 0.408 e. The van der Waals surface area contributed by atoms with Crippen molar-refractivity contribution in [2.24, 2.45) is 4.99 Å². The maximum atomic E-state index is 13.9. The number of nitrogens with zero attached hydrogens (tertiary/aromatic N) is 3. The lowest BCUT2D eigenvalue weighted by Gasteiger charge is -2.25. The van der Waals surface area contributed by atoms with Crippen LogP contribution in [0, 0.1) is 0 Å². The van der Waals surface area contributed by atoms with Gasteiger partial charge in [-0.2, -0.15) is 0 Å². The zero-order chi connectivity index (χ0) is 28.1. The predicted octanol–water partition coefficient (Wildman–Crippen LogP) is 5.25. The van der Waals surface area contributed by atoms with Gasteiger partial charge in [-0.1, -0.05) is 84.9 Å². The lowest BCUT2D eigenvalue weighted by molar-refractivity contribution is -0.123. The second-order valence-corrected chi connectivity index (χ2v) is 10.5. The Hall–Kier alpha value is -4.85. The van der Waals surface area contributed by atoms with Crippen LogP contribution in [-0.4, -0.2) is 39.3 Å². The highest BCUT2D eigenvalue weighted by Crippen LogP contribution is 2.34. The molecule has 2 atom stereocenters. The van der Waals surface area contributed by atoms with Gasteiger partial charge in [-0.05, 0) is 26.3 Å². The summed E-state index contributed by atoms with van der Waals surface area (Å²) < 4.78 is 5.46. The fraction of sp³-hybridized carbons (Fsp3) is 0.219. The molecule has 4 aromatic rings. The van der Waals surface area contributed by atoms with E-state index in [1.807, 2.05) is 84.9 Å². The van der Waals surface area contributed by atoms with Gasteiger partial charge in [0, 0.05) is 34.9 Å². The van der Waals surface area contributed by atoms with Crippen molar-refractivity contribution in [3.8, 4) is 11.3 Å². The highest BCUT2D eigenvalue weighted by Gasteiger charge is 2.30. The molecule has 2 amide bonds. The summed E-state index contributed by atoms with van der Waals surface area (Å²) in [7, 11) is 0. The molecule has 1 aliphatic heterocycles. The largest absolute Gasteiger partial charge is 0.444 e. The Bertz CT molecular complexity index is 1530. The van der Waals surface area contributed by atoms with Gasteiger partial charge >= 0.3 is 6.09 Å². The van der Waals surface area contributed by atoms with Crippen molar-refractivity contribution >= 4 is 17.7 Å². The molecule has 0 saturated carbocycles. The van der Waals surface area contributed by atoms with Gasteiger partial charge in [0.05, 0.1) is 11.4 Å². The summed E-state index contributed by atoms with van der Waals surface area (Å²) >= 11 is 0. The second-order valence-electron chi connectivity index (χ2n) is 10.5. The lowest BCUT2D eigenvalue weighted by atomic mass is 9.95. The van der Waals surface area contributed by atoms with Gasteiger partial charge in [0.25, 0.3) is 0 Å². The van der Waals surface area contributed by atoms with Crippen LogP contribution in [0.15, 0.2) is 102 Å². The first kappa shape index (κ1) is 26.7. The molecule has 8 heteroatoms. The number of hydrogen-bond acceptors (Lipinski definition) is 6. The van der Waals surface area contributed by atoms with Crippen molar-refractivity contribution in [1.29, 1.82) is 0 Å². The van der Waals surface area contributed by atoms with E-state index in [0.29, 0.717) is 11.3 Å². The Morgan fingerprint density at radius 1 is 0.900 bits per heavy atom. The third-order valence-electron chi connectivity index (χ3n) is 6.35. The average molecular weight is 534 g/mol. The van der Waals surface area contributed by atoms with Crippen LogP contribution in [0.1, 0.15) is 49.2 Å². The van der Waals surface area contributed by atoms with Crippen LogP contribution in [0.5, 0.6) is 0 Å². The quantitative estimate of drug-likeness (QED) is 0.352. The van der Waals surface area contributed by atoms with E-state index < -0.39 is 29.8 Å². The van der Waals surface area contributed by atoms with Crippen molar-refractivity contribution in [2.75, 3.05) is 0 Å². The maximum absolute atomic E-state index is 13.9. The van der Waals surface area contributed by atoms with E-state index in [1.165, 1.54) is 6.33 Å². The highest BCUT2D eigenvalue weighted by atomic mass is 16.6. The lowest BCUT2D eigenvalue weighted by Crippen LogP contribution is -2.50. The van der Waals surface area contributed by atoms with Crippen LogP contribution < -0.4 is 10.6 Å². The van der Waals surface area contributed by atoms with Gasteiger partial charge in [0.15, 0.2) is 6.17 Å². The number of amides is 2. The summed E-state index contributed by atoms with van der Waals surface area (Å²) in [4.78, 5) is 40.5. The Morgan fingerprint density at radius 2 is 1.55 bits per heavy atom. The number of fused-ring (bicyclic) bond motifs is 3. The number of carbonyl (C=O) groups excluding carboxylic acids is 2. The highest BCUT2D eigenvalue weighted by molar-refractivity contribution is 6.17. The maximum Gasteiger partial charge on any atom is 0.408 e. The third kappa shape index (κ3) is 6.23. The van der Waals surface area contributed by atoms with Gasteiger partial charge in [0.2, 0.25) is 5.91 Å². The van der Waals surface area contributed by atoms with Gasteiger partial charge in [-0.3, -0.25) is 9.79 Å². The molecule has 1 aliphatic rings. The van der Waals surface area contributed by atoms with E-state index in [-0.39, 0.29) is 6.42 Å². The van der Waals surface area contributed by atoms with E-state index in [4.69, 9.17) is 9.73 Å². The van der Waals surface area contributed by atoms with E-state index in [2.05, 4.69) is 20.6 Å². The zero-order valence-electron chi connectivity index (χ0n) is 22.7. The Kier molecular flexibility index (Phi) is 7.68. The predicted molar refractivity (Wildman–Crippen MR) is 154 cm³/mol. The normalized spacial score (nSPS) is 15.0. The topological polar surface area (TPSA) is 106 Å². The van der Waals surface area contributed by atoms with Crippen molar-refractivity contribution < 1.29 is 14.3 Å². The minimum atomic E-state index is -0.911. The molecule has 8 nitrogen and oxygen atoms in total. The first-order valence-electron chi connectivity index (χ1n) is 13.2. The van der Waals surface area contributed by atoms with E-state index >= 15 is 0 Å². The molecular formula is C32H31N5O3. The molecular weight excluding hydrogens is 502 g/mol. The standard InChI is InChI=1S/C32H31N5O3/c1-32(2,3)40-31(39)35-26(18-21-12-6-4-7-13-21)30(38)37-29-25-19-33-20-34-28(25)24-17-11-10-16-23(24)27(36-29)22-14-8-5-9-15-22/h4-17,19-20,26,29H,18H2,1-3H3,(H,35,39)(H,37,38)/t26-,29?/m0/s1. The van der Waals surface area contributed by atoms with Crippen LogP contribution in [0.25, 0.3) is 11.3 Å². The second kappa shape index (κ2) is 11.5. The Balaban J connectivity index is 1.53. The number of hydrogen-bond donors (Lipinski definition) is 2. The number of nitrogens with one attached hydrogen (secondary N) is 2. The van der Waals surface area contributed by atoms with E-state index in [0.717, 1.165) is 28.0 Å². The molecule has 0 bridgehead atoms. The summed E-state index contributed by atoms with van der Waals surface area (Å²) in [5.41, 5.74) is 4.95. The number of ether oxygens (including phenoxy) is 1.